The van der Waals surface area contributed by atoms with Crippen LogP contribution in [-0.4, -0.2) is 36.5 Å². The fourth-order valence-electron chi connectivity index (χ4n) is 2.86. The van der Waals surface area contributed by atoms with Gasteiger partial charge < -0.3 is 4.90 Å². The van der Waals surface area contributed by atoms with Gasteiger partial charge in [0.05, 0.1) is 5.69 Å². The Morgan fingerprint density at radius 1 is 0.826 bits per heavy atom. The molecule has 0 heterocycles. The number of hydrogen-bond acceptors (Lipinski definition) is 1. The van der Waals surface area contributed by atoms with Crippen LogP contribution in [0.4, 0.5) is 5.69 Å². The number of rotatable bonds is 6. The molecular weight excluding hydrogens is 280 g/mol. The van der Waals surface area contributed by atoms with Crippen molar-refractivity contribution in [2.75, 3.05) is 31.1 Å². The van der Waals surface area contributed by atoms with E-state index >= 15 is 0 Å². The molecule has 2 rings (SSSR count). The van der Waals surface area contributed by atoms with Gasteiger partial charge >= 0.3 is 0 Å². The van der Waals surface area contributed by atoms with Gasteiger partial charge in [0.25, 0.3) is 0 Å². The third kappa shape index (κ3) is 4.40. The largest absolute Gasteiger partial charge is 0.371 e. The van der Waals surface area contributed by atoms with Gasteiger partial charge in [-0.05, 0) is 39.8 Å². The Balaban J connectivity index is 2.14. The summed E-state index contributed by atoms with van der Waals surface area (Å²) in [6, 6.07) is 8.65. The first-order valence-electron chi connectivity index (χ1n) is 8.68. The molecule has 2 heteroatoms. The average Bonchev–Trinajstić information content (AvgIpc) is 2.60. The van der Waals surface area contributed by atoms with Gasteiger partial charge in [-0.25, -0.2) is 4.58 Å². The van der Waals surface area contributed by atoms with E-state index in [1.807, 2.05) is 0 Å². The zero-order valence-electron chi connectivity index (χ0n) is 14.8. The number of anilines is 1. The number of nitrogens with zero attached hydrogens (tertiary/aromatic N) is 2. The van der Waals surface area contributed by atoms with Crippen molar-refractivity contribution in [3.8, 4) is 0 Å². The fourth-order valence-corrected chi connectivity index (χ4v) is 2.86. The maximum absolute atomic E-state index is 3.47. The van der Waals surface area contributed by atoms with Crippen molar-refractivity contribution < 1.29 is 4.58 Å². The predicted molar refractivity (Wildman–Crippen MR) is 100 cm³/mol. The van der Waals surface area contributed by atoms with E-state index in [-0.39, 0.29) is 0 Å². The van der Waals surface area contributed by atoms with Crippen LogP contribution in [0.15, 0.2) is 54.1 Å². The summed E-state index contributed by atoms with van der Waals surface area (Å²) in [6.07, 6.45) is 12.1. The summed E-state index contributed by atoms with van der Waals surface area (Å²) in [4.78, 5) is 2.35. The highest BCUT2D eigenvalue weighted by Gasteiger charge is 2.12. The summed E-state index contributed by atoms with van der Waals surface area (Å²) < 4.78 is 2.35. The maximum Gasteiger partial charge on any atom is 0.215 e. The van der Waals surface area contributed by atoms with Crippen LogP contribution >= 0.6 is 0 Å². The van der Waals surface area contributed by atoms with Crippen molar-refractivity contribution in [2.24, 2.45) is 0 Å². The van der Waals surface area contributed by atoms with Crippen LogP contribution in [0, 0.1) is 6.08 Å². The van der Waals surface area contributed by atoms with E-state index in [0.717, 1.165) is 37.3 Å². The van der Waals surface area contributed by atoms with E-state index in [1.165, 1.54) is 11.4 Å². The highest BCUT2D eigenvalue weighted by molar-refractivity contribution is 6.02. The van der Waals surface area contributed by atoms with E-state index in [4.69, 9.17) is 0 Å². The highest BCUT2D eigenvalue weighted by Crippen LogP contribution is 2.17. The molecule has 1 aromatic carbocycles. The van der Waals surface area contributed by atoms with Gasteiger partial charge in [0.1, 0.15) is 24.2 Å². The summed E-state index contributed by atoms with van der Waals surface area (Å²) in [5, 5.41) is 0. The molecule has 1 aromatic rings. The van der Waals surface area contributed by atoms with E-state index in [1.54, 1.807) is 0 Å². The Labute approximate surface area is 141 Å². The summed E-state index contributed by atoms with van der Waals surface area (Å²) in [5.41, 5.74) is 4.79. The summed E-state index contributed by atoms with van der Waals surface area (Å²) in [7, 11) is 0. The molecule has 0 radical (unpaired) electrons. The highest BCUT2D eigenvalue weighted by atomic mass is 15.1. The minimum Gasteiger partial charge on any atom is -0.371 e. The summed E-state index contributed by atoms with van der Waals surface area (Å²) in [6.45, 7) is 12.9. The molecule has 0 unspecified atom stereocenters. The van der Waals surface area contributed by atoms with E-state index in [0.29, 0.717) is 0 Å². The maximum atomic E-state index is 3.47. The average molecular weight is 308 g/mol. The molecule has 0 spiro atoms. The van der Waals surface area contributed by atoms with Gasteiger partial charge in [-0.1, -0.05) is 0 Å². The molecule has 0 aliphatic heterocycles. The summed E-state index contributed by atoms with van der Waals surface area (Å²) in [5.74, 6) is 0. The molecular formula is C21H28N2+2. The Kier molecular flexibility index (Phi) is 6.31. The van der Waals surface area contributed by atoms with E-state index < -0.39 is 0 Å². The Hall–Kier alpha value is -2.18. The van der Waals surface area contributed by atoms with Crippen LogP contribution in [0.3, 0.4) is 0 Å². The van der Waals surface area contributed by atoms with Gasteiger partial charge in [-0.3, -0.25) is 0 Å². The standard InChI is InChI=1S/C21H28N2/c1-5-22(6-2)20-13-9-18(10-14-20)17-19-11-15-21(16-12-19)23(7-3)8-4/h9-16H,5-8H2,1-4H3/q+2. The molecule has 0 atom stereocenters. The van der Waals surface area contributed by atoms with Crippen molar-refractivity contribution in [1.82, 2.24) is 0 Å². The fraction of sp³-hybridized carbons (Fsp3) is 0.381. The van der Waals surface area contributed by atoms with Gasteiger partial charge in [-0.2, -0.15) is 0 Å². The van der Waals surface area contributed by atoms with Crippen molar-refractivity contribution in [3.63, 3.8) is 0 Å². The van der Waals surface area contributed by atoms with Gasteiger partial charge in [-0.15, -0.1) is 0 Å². The quantitative estimate of drug-likeness (QED) is 0.563. The molecule has 0 amide bonds. The predicted octanol–water partition coefficient (Wildman–Crippen LogP) is 4.23. The lowest BCUT2D eigenvalue weighted by Crippen LogP contribution is -2.21. The molecule has 1 aliphatic rings. The van der Waals surface area contributed by atoms with Crippen LogP contribution < -0.4 is 4.90 Å². The molecule has 0 N–H and O–H groups in total. The van der Waals surface area contributed by atoms with Crippen LogP contribution in [-0.2, 0) is 0 Å². The monoisotopic (exact) mass is 308 g/mol. The minimum absolute atomic E-state index is 1.04. The third-order valence-corrected chi connectivity index (χ3v) is 4.28. The Bertz CT molecular complexity index is 602. The third-order valence-electron chi connectivity index (χ3n) is 4.28. The molecule has 0 bridgehead atoms. The van der Waals surface area contributed by atoms with Crippen molar-refractivity contribution in [1.29, 1.82) is 0 Å². The van der Waals surface area contributed by atoms with Crippen molar-refractivity contribution in [3.05, 3.63) is 65.8 Å². The van der Waals surface area contributed by atoms with Crippen LogP contribution in [0.25, 0.3) is 0 Å². The van der Waals surface area contributed by atoms with Crippen LogP contribution in [0.5, 0.6) is 0 Å². The first-order chi connectivity index (χ1) is 11.2. The molecule has 1 aliphatic carbocycles. The number of benzene rings is 1. The Morgan fingerprint density at radius 2 is 1.39 bits per heavy atom. The zero-order valence-corrected chi connectivity index (χ0v) is 14.8. The topological polar surface area (TPSA) is 6.25 Å². The second-order valence-electron chi connectivity index (χ2n) is 5.56. The second-order valence-corrected chi connectivity index (χ2v) is 5.56. The van der Waals surface area contributed by atoms with Gasteiger partial charge in [0.2, 0.25) is 5.71 Å². The number of hydrogen-bond donors (Lipinski definition) is 0. The molecule has 0 saturated carbocycles. The smallest absolute Gasteiger partial charge is 0.215 e. The lowest BCUT2D eigenvalue weighted by Gasteiger charge is -2.19. The van der Waals surface area contributed by atoms with E-state index in [9.17, 15) is 0 Å². The van der Waals surface area contributed by atoms with Gasteiger partial charge in [0, 0.05) is 55.6 Å². The van der Waals surface area contributed by atoms with Crippen molar-refractivity contribution >= 4 is 11.4 Å². The van der Waals surface area contributed by atoms with Gasteiger partial charge in [0.15, 0.2) is 0 Å². The minimum atomic E-state index is 1.04. The molecule has 0 saturated heterocycles. The molecule has 23 heavy (non-hydrogen) atoms. The second kappa shape index (κ2) is 8.45. The van der Waals surface area contributed by atoms with Crippen LogP contribution in [0.2, 0.25) is 0 Å². The lowest BCUT2D eigenvalue weighted by atomic mass is 10.0. The van der Waals surface area contributed by atoms with E-state index in [2.05, 4.69) is 91.8 Å². The van der Waals surface area contributed by atoms with Crippen LogP contribution in [0.1, 0.15) is 33.3 Å². The molecule has 120 valence electrons. The molecule has 2 nitrogen and oxygen atoms in total. The van der Waals surface area contributed by atoms with Crippen molar-refractivity contribution in [2.45, 2.75) is 27.7 Å². The Morgan fingerprint density at radius 3 is 1.87 bits per heavy atom. The molecule has 0 aromatic heterocycles. The summed E-state index contributed by atoms with van der Waals surface area (Å²) >= 11 is 0. The molecule has 0 fully saturated rings. The first-order valence-corrected chi connectivity index (χ1v) is 8.68. The zero-order chi connectivity index (χ0) is 16.7. The number of allylic oxidation sites excluding steroid dienone is 5. The lowest BCUT2D eigenvalue weighted by molar-refractivity contribution is -0.519. The SMILES string of the molecule is CCN(CC)c1ccc([C+]=C2C=CC(=[N+](CC)CC)C=C2)cc1. The normalized spacial score (nSPS) is 13.2. The first kappa shape index (κ1) is 17.2.